The van der Waals surface area contributed by atoms with Crippen molar-refractivity contribution in [1.82, 2.24) is 0 Å². The molecular formula is C78H112O8. The maximum atomic E-state index is 6.89. The van der Waals surface area contributed by atoms with Gasteiger partial charge in [-0.25, -0.2) is 0 Å². The van der Waals surface area contributed by atoms with Gasteiger partial charge >= 0.3 is 0 Å². The van der Waals surface area contributed by atoms with Gasteiger partial charge in [-0.1, -0.05) is 265 Å². The molecule has 8 nitrogen and oxygen atoms in total. The summed E-state index contributed by atoms with van der Waals surface area (Å²) in [6.07, 6.45) is 56.1. The first-order valence-corrected chi connectivity index (χ1v) is 35.8. The highest BCUT2D eigenvalue weighted by Gasteiger charge is 2.38. The van der Waals surface area contributed by atoms with Crippen molar-refractivity contribution < 1.29 is 37.9 Å². The summed E-state index contributed by atoms with van der Waals surface area (Å²) < 4.78 is 54.8. The van der Waals surface area contributed by atoms with Crippen LogP contribution in [-0.2, 0) is 0 Å². The van der Waals surface area contributed by atoms with Crippen LogP contribution in [0.2, 0.25) is 0 Å². The summed E-state index contributed by atoms with van der Waals surface area (Å²) in [4.78, 5) is 0. The topological polar surface area (TPSA) is 73.8 Å². The smallest absolute Gasteiger partial charge is 0.230 e. The minimum absolute atomic E-state index is 0.00195. The number of terminal acetylenes is 1. The maximum absolute atomic E-state index is 6.89. The molecule has 8 bridgehead atoms. The number of benzene rings is 4. The van der Waals surface area contributed by atoms with E-state index in [-0.39, 0.29) is 50.8 Å². The van der Waals surface area contributed by atoms with Crippen LogP contribution in [0.5, 0.6) is 46.0 Å². The third-order valence-electron chi connectivity index (χ3n) is 19.9. The standard InChI is InChI=1S/C78H112O8/c1-6-11-15-19-23-27-31-35-39-43-59-63-47-64-60(44-40-36-32-28-24-20-16-12-7-2)66-49-68-62(46-42-38-34-30-26-22-18-14-9-4)70-50-69-61(45-41-37-33-29-25-21-17-13-8-3)67-48-65(59)73-52-75(67)83-56-85-77(69)58(10-5)78(70)86-57-84-76(68)53-74(66)82-55-80-72(64)51-71(63)79-54-81-73/h5,47-53,59-62H,6-9,11-46,54-57H2,1-4H3/t59-,60+,61-,62+. The van der Waals surface area contributed by atoms with Gasteiger partial charge in [0.05, 0.1) is 0 Å². The summed E-state index contributed by atoms with van der Waals surface area (Å²) in [6, 6.07) is 16.5. The minimum atomic E-state index is -0.0755. The Kier molecular flexibility index (Phi) is 27.1. The molecule has 4 atom stereocenters. The molecule has 9 rings (SSSR count). The second-order valence-electron chi connectivity index (χ2n) is 26.3. The van der Waals surface area contributed by atoms with Gasteiger partial charge in [0.1, 0.15) is 51.6 Å². The highest BCUT2D eigenvalue weighted by atomic mass is 16.7. The second kappa shape index (κ2) is 35.7. The largest absolute Gasteiger partial charge is 0.457 e. The van der Waals surface area contributed by atoms with Crippen molar-refractivity contribution in [3.05, 3.63) is 92.5 Å². The fraction of sp³-hybridized carbons (Fsp3) is 0.667. The first-order valence-electron chi connectivity index (χ1n) is 35.8. The summed E-state index contributed by atoms with van der Waals surface area (Å²) in [5, 5.41) is 0. The lowest BCUT2D eigenvalue weighted by Crippen LogP contribution is -2.23. The molecule has 0 amide bonds. The first kappa shape index (κ1) is 65.3. The number of hydrogen-bond donors (Lipinski definition) is 0. The van der Waals surface area contributed by atoms with Gasteiger partial charge in [0.2, 0.25) is 27.2 Å². The van der Waals surface area contributed by atoms with Gasteiger partial charge < -0.3 is 37.9 Å². The number of rotatable bonds is 40. The van der Waals surface area contributed by atoms with E-state index >= 15 is 0 Å². The third kappa shape index (κ3) is 17.6. The quantitative estimate of drug-likeness (QED) is 0.0322. The SMILES string of the molecule is C#Cc1c2c3cc4c1OCOc1cc5c(cc1[C@@H]4CCCCCCCCCCC)[C@@H](CCCCCCCCCCC)c1cc4c(cc1OCO5)OCOc1cc(c(cc1[C@@H]4CCCCCCCCCCC)[C@H]3CCCCCCCCCCC)OCO2. The lowest BCUT2D eigenvalue weighted by molar-refractivity contribution is 0.0982. The van der Waals surface area contributed by atoms with Gasteiger partial charge in [-0.2, -0.15) is 0 Å². The van der Waals surface area contributed by atoms with E-state index in [2.05, 4.69) is 76.1 Å². The zero-order valence-corrected chi connectivity index (χ0v) is 54.3. The van der Waals surface area contributed by atoms with Crippen LogP contribution in [-0.4, -0.2) is 27.2 Å². The fourth-order valence-corrected chi connectivity index (χ4v) is 15.0. The molecule has 0 spiro atoms. The Balaban J connectivity index is 1.20. The molecule has 4 heterocycles. The molecule has 0 unspecified atom stereocenters. The average Bonchev–Trinajstić information content (AvgIpc) is 1.49. The van der Waals surface area contributed by atoms with E-state index in [0.29, 0.717) is 17.1 Å². The molecule has 4 aromatic rings. The molecule has 4 aliphatic heterocycles. The van der Waals surface area contributed by atoms with Crippen LogP contribution in [0.15, 0.2) is 42.5 Å². The second-order valence-corrected chi connectivity index (χ2v) is 26.3. The highest BCUT2D eigenvalue weighted by molar-refractivity contribution is 5.68. The van der Waals surface area contributed by atoms with Gasteiger partial charge in [0.15, 0.2) is 0 Å². The highest BCUT2D eigenvalue weighted by Crippen LogP contribution is 2.56. The fourth-order valence-electron chi connectivity index (χ4n) is 15.0. The summed E-state index contributed by atoms with van der Waals surface area (Å²) in [7, 11) is 0. The van der Waals surface area contributed by atoms with E-state index in [1.165, 1.54) is 239 Å². The van der Waals surface area contributed by atoms with Gasteiger partial charge in [0, 0.05) is 86.4 Å². The Labute approximate surface area is 521 Å². The Hall–Kier alpha value is -5.16. The average molecular weight is 1180 g/mol. The van der Waals surface area contributed by atoms with Crippen molar-refractivity contribution in [3.63, 3.8) is 0 Å². The predicted octanol–water partition coefficient (Wildman–Crippen LogP) is 23.1. The zero-order valence-electron chi connectivity index (χ0n) is 54.3. The van der Waals surface area contributed by atoms with Crippen LogP contribution in [0.25, 0.3) is 0 Å². The van der Waals surface area contributed by atoms with Gasteiger partial charge in [-0.3, -0.25) is 0 Å². The zero-order chi connectivity index (χ0) is 59.6. The third-order valence-corrected chi connectivity index (χ3v) is 19.9. The van der Waals surface area contributed by atoms with Crippen LogP contribution >= 0.6 is 0 Å². The Morgan fingerprint density at radius 2 is 0.465 bits per heavy atom. The maximum Gasteiger partial charge on any atom is 0.230 e. The van der Waals surface area contributed by atoms with Gasteiger partial charge in [-0.15, -0.1) is 6.42 Å². The van der Waals surface area contributed by atoms with Crippen molar-refractivity contribution in [3.8, 4) is 58.3 Å². The van der Waals surface area contributed by atoms with Crippen molar-refractivity contribution in [2.45, 2.75) is 308 Å². The molecule has 0 fully saturated rings. The Morgan fingerprint density at radius 3 is 0.698 bits per heavy atom. The van der Waals surface area contributed by atoms with E-state index in [0.717, 1.165) is 97.0 Å². The summed E-state index contributed by atoms with van der Waals surface area (Å²) in [5.74, 6) is 9.32. The molecule has 1 aliphatic carbocycles. The molecule has 0 N–H and O–H groups in total. The molecule has 4 aromatic carbocycles. The molecule has 86 heavy (non-hydrogen) atoms. The molecule has 8 heteroatoms. The van der Waals surface area contributed by atoms with Crippen molar-refractivity contribution >= 4 is 0 Å². The lowest BCUT2D eigenvalue weighted by Gasteiger charge is -2.35. The lowest BCUT2D eigenvalue weighted by atomic mass is 9.75. The van der Waals surface area contributed by atoms with E-state index in [4.69, 9.17) is 44.3 Å². The van der Waals surface area contributed by atoms with Crippen LogP contribution in [0.4, 0.5) is 0 Å². The number of hydrogen-bond acceptors (Lipinski definition) is 8. The van der Waals surface area contributed by atoms with E-state index in [1.54, 1.807) is 0 Å². The van der Waals surface area contributed by atoms with Gasteiger partial charge in [-0.05, 0) is 49.9 Å². The monoisotopic (exact) mass is 1180 g/mol. The van der Waals surface area contributed by atoms with Crippen LogP contribution in [0.1, 0.15) is 358 Å². The number of unbranched alkanes of at least 4 members (excludes halogenated alkanes) is 32. The molecule has 472 valence electrons. The predicted molar refractivity (Wildman–Crippen MR) is 353 cm³/mol. The molecular weight excluding hydrogens is 1060 g/mol. The Morgan fingerprint density at radius 1 is 0.267 bits per heavy atom. The normalized spacial score (nSPS) is 17.6. The van der Waals surface area contributed by atoms with E-state index in [9.17, 15) is 0 Å². The van der Waals surface area contributed by atoms with Crippen LogP contribution < -0.4 is 37.9 Å². The van der Waals surface area contributed by atoms with E-state index in [1.807, 2.05) is 0 Å². The molecule has 0 radical (unpaired) electrons. The van der Waals surface area contributed by atoms with E-state index < -0.39 is 0 Å². The molecule has 0 saturated carbocycles. The Bertz CT molecular complexity index is 2550. The van der Waals surface area contributed by atoms with Crippen LogP contribution in [0.3, 0.4) is 0 Å². The summed E-state index contributed by atoms with van der Waals surface area (Å²) in [5.41, 5.74) is 10.1. The first-order chi connectivity index (χ1) is 42.6. The molecule has 5 aliphatic rings. The van der Waals surface area contributed by atoms with Crippen molar-refractivity contribution in [2.24, 2.45) is 0 Å². The minimum Gasteiger partial charge on any atom is -0.457 e. The summed E-state index contributed by atoms with van der Waals surface area (Å²) >= 11 is 0. The summed E-state index contributed by atoms with van der Waals surface area (Å²) in [6.45, 7) is 9.34. The van der Waals surface area contributed by atoms with Crippen molar-refractivity contribution in [1.29, 1.82) is 0 Å². The molecule has 0 saturated heterocycles. The number of ether oxygens (including phenoxy) is 8. The van der Waals surface area contributed by atoms with Gasteiger partial charge in [0.25, 0.3) is 0 Å². The molecule has 0 aromatic heterocycles. The van der Waals surface area contributed by atoms with Crippen molar-refractivity contribution in [2.75, 3.05) is 27.2 Å². The van der Waals surface area contributed by atoms with Crippen LogP contribution in [0, 0.1) is 12.3 Å².